The molecule has 0 unspecified atom stereocenters. The third kappa shape index (κ3) is 6.56. The first-order chi connectivity index (χ1) is 18.8. The number of sulfonamides is 1. The van der Waals surface area contributed by atoms with E-state index in [0.29, 0.717) is 42.8 Å². The Labute approximate surface area is 227 Å². The van der Waals surface area contributed by atoms with Gasteiger partial charge in [0.1, 0.15) is 11.6 Å². The van der Waals surface area contributed by atoms with Crippen molar-refractivity contribution in [3.63, 3.8) is 0 Å². The van der Waals surface area contributed by atoms with Gasteiger partial charge in [-0.05, 0) is 86.0 Å². The molecule has 5 rings (SSSR count). The van der Waals surface area contributed by atoms with Crippen LogP contribution < -0.4 is 16.0 Å². The van der Waals surface area contributed by atoms with Gasteiger partial charge in [0.15, 0.2) is 0 Å². The van der Waals surface area contributed by atoms with Gasteiger partial charge in [-0.2, -0.15) is 9.29 Å². The molecule has 202 valence electrons. The van der Waals surface area contributed by atoms with Crippen molar-refractivity contribution in [3.05, 3.63) is 90.5 Å². The summed E-state index contributed by atoms with van der Waals surface area (Å²) >= 11 is 0. The quantitative estimate of drug-likeness (QED) is 0.354. The summed E-state index contributed by atoms with van der Waals surface area (Å²) in [7, 11) is -3.60. The third-order valence-electron chi connectivity index (χ3n) is 6.66. The number of benzene rings is 2. The number of anilines is 4. The molecule has 0 spiro atoms. The number of halogens is 1. The smallest absolute Gasteiger partial charge is 0.243 e. The fourth-order valence-electron chi connectivity index (χ4n) is 4.42. The van der Waals surface area contributed by atoms with Gasteiger partial charge in [0.2, 0.25) is 16.0 Å². The molecule has 9 nitrogen and oxygen atoms in total. The van der Waals surface area contributed by atoms with Crippen molar-refractivity contribution >= 4 is 38.9 Å². The number of hydrogen-bond donors (Lipinski definition) is 3. The Morgan fingerprint density at radius 1 is 1.00 bits per heavy atom. The molecule has 0 radical (unpaired) electrons. The summed E-state index contributed by atoms with van der Waals surface area (Å²) in [4.78, 5) is 13.4. The zero-order valence-electron chi connectivity index (χ0n) is 21.6. The van der Waals surface area contributed by atoms with Crippen molar-refractivity contribution in [2.24, 2.45) is 4.99 Å². The zero-order valence-corrected chi connectivity index (χ0v) is 22.4. The van der Waals surface area contributed by atoms with Gasteiger partial charge in [-0.3, -0.25) is 4.99 Å². The lowest BCUT2D eigenvalue weighted by molar-refractivity contribution is 0.293. The van der Waals surface area contributed by atoms with E-state index in [-0.39, 0.29) is 16.8 Å². The molecule has 2 aromatic carbocycles. The molecule has 39 heavy (non-hydrogen) atoms. The molecule has 0 atom stereocenters. The van der Waals surface area contributed by atoms with Gasteiger partial charge in [-0.1, -0.05) is 6.58 Å². The Bertz CT molecular complexity index is 1510. The summed E-state index contributed by atoms with van der Waals surface area (Å²) in [5, 5.41) is 9.67. The summed E-state index contributed by atoms with van der Waals surface area (Å²) in [6, 6.07) is 14.4. The second-order valence-electron chi connectivity index (χ2n) is 9.46. The van der Waals surface area contributed by atoms with Crippen LogP contribution in [0.3, 0.4) is 0 Å². The average molecular weight is 548 g/mol. The Morgan fingerprint density at radius 2 is 1.67 bits per heavy atom. The largest absolute Gasteiger partial charge is 0.340 e. The summed E-state index contributed by atoms with van der Waals surface area (Å²) < 4.78 is 41.1. The van der Waals surface area contributed by atoms with Crippen molar-refractivity contribution in [1.29, 1.82) is 0 Å². The lowest BCUT2D eigenvalue weighted by Gasteiger charge is -2.31. The van der Waals surface area contributed by atoms with Crippen LogP contribution >= 0.6 is 0 Å². The molecule has 3 N–H and O–H groups in total. The average Bonchev–Trinajstić information content (AvgIpc) is 3.26. The Morgan fingerprint density at radius 3 is 2.33 bits per heavy atom. The molecule has 1 aromatic heterocycles. The highest BCUT2D eigenvalue weighted by molar-refractivity contribution is 7.89. The molecule has 0 amide bonds. The normalized spacial score (nSPS) is 16.6. The van der Waals surface area contributed by atoms with Crippen LogP contribution in [0.25, 0.3) is 0 Å². The SMILES string of the molecule is C=C1C=C(CNC2CCN(S(=O)(=O)c3ccc(Nc4nccc(Nc5ccc(F)cc5)n4)cc3)CC2)N=C1C. The molecule has 2 aliphatic rings. The predicted molar refractivity (Wildman–Crippen MR) is 152 cm³/mol. The van der Waals surface area contributed by atoms with Crippen molar-refractivity contribution in [3.8, 4) is 0 Å². The molecule has 3 heterocycles. The van der Waals surface area contributed by atoms with Crippen LogP contribution in [0, 0.1) is 5.82 Å². The van der Waals surface area contributed by atoms with Gasteiger partial charge in [0, 0.05) is 49.0 Å². The highest BCUT2D eigenvalue weighted by Crippen LogP contribution is 2.24. The molecule has 1 saturated heterocycles. The molecule has 3 aromatic rings. The minimum atomic E-state index is -3.60. The van der Waals surface area contributed by atoms with Crippen molar-refractivity contribution in [1.82, 2.24) is 19.6 Å². The van der Waals surface area contributed by atoms with Crippen LogP contribution in [0.15, 0.2) is 94.6 Å². The molecule has 0 aliphatic carbocycles. The fraction of sp³-hybridized carbons (Fsp3) is 0.250. The highest BCUT2D eigenvalue weighted by atomic mass is 32.2. The van der Waals surface area contributed by atoms with Gasteiger partial charge in [-0.25, -0.2) is 17.8 Å². The van der Waals surface area contributed by atoms with Gasteiger partial charge < -0.3 is 16.0 Å². The number of aliphatic imine (C=N–C) groups is 1. The summed E-state index contributed by atoms with van der Waals surface area (Å²) in [5.41, 5.74) is 4.18. The van der Waals surface area contributed by atoms with Gasteiger partial charge in [0.05, 0.1) is 10.6 Å². The second-order valence-corrected chi connectivity index (χ2v) is 11.4. The molecular formula is C28H30FN7O2S. The van der Waals surface area contributed by atoms with E-state index in [1.165, 1.54) is 12.1 Å². The Kier molecular flexibility index (Phi) is 7.82. The highest BCUT2D eigenvalue weighted by Gasteiger charge is 2.29. The van der Waals surface area contributed by atoms with E-state index in [4.69, 9.17) is 0 Å². The molecule has 1 fully saturated rings. The number of piperidine rings is 1. The molecule has 11 heteroatoms. The van der Waals surface area contributed by atoms with E-state index >= 15 is 0 Å². The molecular weight excluding hydrogens is 517 g/mol. The van der Waals surface area contributed by atoms with Crippen molar-refractivity contribution in [2.75, 3.05) is 30.3 Å². The molecule has 0 bridgehead atoms. The number of allylic oxidation sites excluding steroid dienone is 2. The van der Waals surface area contributed by atoms with E-state index in [1.54, 1.807) is 53.0 Å². The first-order valence-electron chi connectivity index (χ1n) is 12.7. The molecule has 0 saturated carbocycles. The summed E-state index contributed by atoms with van der Waals surface area (Å²) in [6.45, 7) is 7.46. The topological polar surface area (TPSA) is 112 Å². The first-order valence-corrected chi connectivity index (χ1v) is 14.1. The number of nitrogens with zero attached hydrogens (tertiary/aromatic N) is 4. The predicted octanol–water partition coefficient (Wildman–Crippen LogP) is 4.76. The standard InChI is InChI=1S/C28H30FN7O2S/c1-19-17-25(32-20(19)2)18-31-22-12-15-36(16-13-22)39(37,38)26-9-7-24(8-10-26)34-28-30-14-11-27(35-28)33-23-5-3-21(29)4-6-23/h3-11,14,17,22,31H,1,12-13,15-16,18H2,2H3,(H2,30,33,34,35). The Hall–Kier alpha value is -3.93. The molecule has 2 aliphatic heterocycles. The number of rotatable bonds is 9. The summed E-state index contributed by atoms with van der Waals surface area (Å²) in [6.07, 6.45) is 5.03. The van der Waals surface area contributed by atoms with Crippen LogP contribution in [0.1, 0.15) is 19.8 Å². The van der Waals surface area contributed by atoms with Gasteiger partial charge in [0.25, 0.3) is 0 Å². The van der Waals surface area contributed by atoms with E-state index < -0.39 is 10.0 Å². The second kappa shape index (κ2) is 11.4. The van der Waals surface area contributed by atoms with Gasteiger partial charge >= 0.3 is 0 Å². The number of aromatic nitrogens is 2. The van der Waals surface area contributed by atoms with Crippen LogP contribution in [-0.2, 0) is 10.0 Å². The van der Waals surface area contributed by atoms with Crippen LogP contribution in [0.5, 0.6) is 0 Å². The minimum absolute atomic E-state index is 0.238. The maximum atomic E-state index is 13.2. The van der Waals surface area contributed by atoms with E-state index in [9.17, 15) is 12.8 Å². The number of hydrogen-bond acceptors (Lipinski definition) is 8. The van der Waals surface area contributed by atoms with Gasteiger partial charge in [-0.15, -0.1) is 0 Å². The monoisotopic (exact) mass is 547 g/mol. The minimum Gasteiger partial charge on any atom is -0.340 e. The maximum absolute atomic E-state index is 13.2. The van der Waals surface area contributed by atoms with Crippen LogP contribution in [0.4, 0.5) is 27.5 Å². The first kappa shape index (κ1) is 26.7. The van der Waals surface area contributed by atoms with Crippen molar-refractivity contribution in [2.45, 2.75) is 30.7 Å². The zero-order chi connectivity index (χ0) is 27.4. The van der Waals surface area contributed by atoms with Crippen LogP contribution in [-0.4, -0.2) is 54.1 Å². The summed E-state index contributed by atoms with van der Waals surface area (Å²) in [5.74, 6) is 0.554. The lowest BCUT2D eigenvalue weighted by Crippen LogP contribution is -2.45. The van der Waals surface area contributed by atoms with E-state index in [2.05, 4.69) is 37.5 Å². The number of nitrogens with one attached hydrogen (secondary N) is 3. The Balaban J connectivity index is 1.15. The lowest BCUT2D eigenvalue weighted by atomic mass is 10.1. The van der Waals surface area contributed by atoms with Crippen LogP contribution in [0.2, 0.25) is 0 Å². The fourth-order valence-corrected chi connectivity index (χ4v) is 5.89. The van der Waals surface area contributed by atoms with E-state index in [1.807, 2.05) is 13.0 Å². The maximum Gasteiger partial charge on any atom is 0.243 e. The van der Waals surface area contributed by atoms with E-state index in [0.717, 1.165) is 29.8 Å². The third-order valence-corrected chi connectivity index (χ3v) is 8.58. The van der Waals surface area contributed by atoms with Crippen molar-refractivity contribution < 1.29 is 12.8 Å².